The zero-order valence-electron chi connectivity index (χ0n) is 12.7. The highest BCUT2D eigenvalue weighted by atomic mass is 16.1. The second-order valence-corrected chi connectivity index (χ2v) is 3.31. The molecule has 80 valence electrons. The maximum Gasteiger partial charge on any atom is 0.141 e. The molecule has 0 N–H and O–H groups in total. The van der Waals surface area contributed by atoms with E-state index in [0.717, 1.165) is 0 Å². The number of carbonyl (C=O) groups excluding carboxylic acids is 1. The van der Waals surface area contributed by atoms with E-state index in [4.69, 9.17) is 5.48 Å². The Kier molecular flexibility index (Phi) is 2.19. The minimum atomic E-state index is -2.37. The minimum absolute atomic E-state index is 0.157. The molecule has 0 aliphatic rings. The SMILES string of the molecule is [2H]C([2H])(C(=O)C([2H])([2H])c1ccccc1)c1ccccc1. The molecule has 0 atom stereocenters. The van der Waals surface area contributed by atoms with Crippen LogP contribution in [-0.4, -0.2) is 5.78 Å². The highest BCUT2D eigenvalue weighted by Crippen LogP contribution is 2.05. The second kappa shape index (κ2) is 5.26. The van der Waals surface area contributed by atoms with E-state index < -0.39 is 18.5 Å². The molecule has 1 heteroatoms. The van der Waals surface area contributed by atoms with Gasteiger partial charge in [-0.1, -0.05) is 60.7 Å². The van der Waals surface area contributed by atoms with E-state index >= 15 is 0 Å². The molecule has 0 aliphatic heterocycles. The number of benzene rings is 2. The zero-order chi connectivity index (χ0) is 14.8. The zero-order valence-corrected chi connectivity index (χ0v) is 8.68. The van der Waals surface area contributed by atoms with Crippen molar-refractivity contribution in [2.45, 2.75) is 12.7 Å². The summed E-state index contributed by atoms with van der Waals surface area (Å²) in [5.74, 6) is -1.09. The lowest BCUT2D eigenvalue weighted by atomic mass is 10.0. The number of Topliss-reactive ketones (excluding diaryl/α,β-unsaturated/α-hetero) is 1. The van der Waals surface area contributed by atoms with Crippen LogP contribution in [-0.2, 0) is 17.5 Å². The summed E-state index contributed by atoms with van der Waals surface area (Å²) in [7, 11) is 0. The minimum Gasteiger partial charge on any atom is -0.299 e. The first kappa shape index (κ1) is 6.64. The van der Waals surface area contributed by atoms with Crippen molar-refractivity contribution in [3.05, 3.63) is 71.8 Å². The molecule has 0 spiro atoms. The Morgan fingerprint density at radius 3 is 1.56 bits per heavy atom. The third kappa shape index (κ3) is 3.06. The fraction of sp³-hybridized carbons (Fsp3) is 0.133. The van der Waals surface area contributed by atoms with E-state index in [-0.39, 0.29) is 11.1 Å². The molecule has 0 unspecified atom stereocenters. The van der Waals surface area contributed by atoms with Gasteiger partial charge in [-0.25, -0.2) is 0 Å². The molecular weight excluding hydrogens is 196 g/mol. The van der Waals surface area contributed by atoms with E-state index in [1.54, 1.807) is 36.4 Å². The molecule has 16 heavy (non-hydrogen) atoms. The average Bonchev–Trinajstić information content (AvgIpc) is 2.48. The van der Waals surface area contributed by atoms with Gasteiger partial charge in [-0.15, -0.1) is 0 Å². The van der Waals surface area contributed by atoms with Crippen LogP contribution in [0.15, 0.2) is 60.7 Å². The number of hydrogen-bond donors (Lipinski definition) is 0. The summed E-state index contributed by atoms with van der Waals surface area (Å²) in [4.78, 5) is 12.3. The van der Waals surface area contributed by atoms with E-state index in [0.29, 0.717) is 0 Å². The molecule has 0 bridgehead atoms. The average molecular weight is 214 g/mol. The van der Waals surface area contributed by atoms with Crippen LogP contribution in [0.1, 0.15) is 16.6 Å². The molecule has 0 heterocycles. The number of carbonyl (C=O) groups is 1. The summed E-state index contributed by atoms with van der Waals surface area (Å²) in [5.41, 5.74) is 0.314. The van der Waals surface area contributed by atoms with Crippen LogP contribution in [0.5, 0.6) is 0 Å². The third-order valence-electron chi connectivity index (χ3n) is 2.06. The van der Waals surface area contributed by atoms with Crippen LogP contribution in [0.3, 0.4) is 0 Å². The van der Waals surface area contributed by atoms with Crippen molar-refractivity contribution in [3.63, 3.8) is 0 Å². The monoisotopic (exact) mass is 214 g/mol. The Bertz CT molecular complexity index is 540. The van der Waals surface area contributed by atoms with Crippen LogP contribution in [0.4, 0.5) is 0 Å². The number of ketones is 1. The van der Waals surface area contributed by atoms with Crippen molar-refractivity contribution in [2.75, 3.05) is 0 Å². The third-order valence-corrected chi connectivity index (χ3v) is 2.06. The molecule has 2 aromatic carbocycles. The van der Waals surface area contributed by atoms with Gasteiger partial charge >= 0.3 is 0 Å². The molecule has 1 nitrogen and oxygen atoms in total. The molecule has 2 rings (SSSR count). The van der Waals surface area contributed by atoms with Gasteiger partial charge in [-0.2, -0.15) is 0 Å². The molecule has 0 aliphatic carbocycles. The van der Waals surface area contributed by atoms with Crippen LogP contribution in [0.25, 0.3) is 0 Å². The van der Waals surface area contributed by atoms with Gasteiger partial charge in [0, 0.05) is 18.2 Å². The summed E-state index contributed by atoms with van der Waals surface area (Å²) in [6.07, 6.45) is -4.75. The lowest BCUT2D eigenvalue weighted by Crippen LogP contribution is -2.06. The van der Waals surface area contributed by atoms with Crippen LogP contribution >= 0.6 is 0 Å². The van der Waals surface area contributed by atoms with Crippen molar-refractivity contribution >= 4 is 5.78 Å². The molecule has 0 radical (unpaired) electrons. The highest BCUT2D eigenvalue weighted by Gasteiger charge is 2.04. The van der Waals surface area contributed by atoms with Crippen molar-refractivity contribution in [1.82, 2.24) is 0 Å². The van der Waals surface area contributed by atoms with Crippen molar-refractivity contribution in [1.29, 1.82) is 0 Å². The van der Waals surface area contributed by atoms with Gasteiger partial charge in [-0.05, 0) is 11.1 Å². The summed E-state index contributed by atoms with van der Waals surface area (Å²) < 4.78 is 31.8. The fourth-order valence-corrected chi connectivity index (χ4v) is 1.34. The molecule has 0 aromatic heterocycles. The molecule has 0 saturated carbocycles. The lowest BCUT2D eigenvalue weighted by Gasteiger charge is -2.01. The Morgan fingerprint density at radius 1 is 0.812 bits per heavy atom. The molecule has 0 saturated heterocycles. The highest BCUT2D eigenvalue weighted by molar-refractivity contribution is 5.83. The quantitative estimate of drug-likeness (QED) is 0.764. The topological polar surface area (TPSA) is 17.1 Å². The first-order chi connectivity index (χ1) is 9.37. The lowest BCUT2D eigenvalue weighted by molar-refractivity contribution is -0.117. The largest absolute Gasteiger partial charge is 0.299 e. The summed E-state index contributed by atoms with van der Waals surface area (Å²) >= 11 is 0. The predicted molar refractivity (Wildman–Crippen MR) is 65.3 cm³/mol. The Hall–Kier alpha value is -1.89. The first-order valence-electron chi connectivity index (χ1n) is 7.03. The van der Waals surface area contributed by atoms with E-state index in [2.05, 4.69) is 0 Å². The van der Waals surface area contributed by atoms with E-state index in [1.807, 2.05) is 0 Å². The Balaban J connectivity index is 2.40. The van der Waals surface area contributed by atoms with Gasteiger partial charge in [-0.3, -0.25) is 4.79 Å². The standard InChI is InChI=1S/C15H14O/c16-15(11-13-7-3-1-4-8-13)12-14-9-5-2-6-10-14/h1-10H,11-12H2/i11D2,12D2. The number of hydrogen-bond acceptors (Lipinski definition) is 1. The second-order valence-electron chi connectivity index (χ2n) is 3.31. The van der Waals surface area contributed by atoms with Crippen molar-refractivity contribution in [2.24, 2.45) is 0 Å². The maximum absolute atomic E-state index is 12.3. The van der Waals surface area contributed by atoms with Gasteiger partial charge in [0.15, 0.2) is 0 Å². The van der Waals surface area contributed by atoms with Crippen LogP contribution in [0.2, 0.25) is 0 Å². The summed E-state index contributed by atoms with van der Waals surface area (Å²) in [5, 5.41) is 0. The molecular formula is C15H14O. The first-order valence-corrected chi connectivity index (χ1v) is 5.03. The molecule has 0 amide bonds. The Morgan fingerprint density at radius 2 is 1.19 bits per heavy atom. The van der Waals surface area contributed by atoms with Gasteiger partial charge in [0.2, 0.25) is 0 Å². The summed E-state index contributed by atoms with van der Waals surface area (Å²) in [6.45, 7) is 0. The smallest absolute Gasteiger partial charge is 0.141 e. The number of rotatable bonds is 4. The fourth-order valence-electron chi connectivity index (χ4n) is 1.34. The van der Waals surface area contributed by atoms with Gasteiger partial charge in [0.05, 0.1) is 0 Å². The van der Waals surface area contributed by atoms with Gasteiger partial charge in [0.25, 0.3) is 0 Å². The van der Waals surface area contributed by atoms with Crippen LogP contribution in [0, 0.1) is 0 Å². The normalized spacial score (nSPS) is 15.5. The van der Waals surface area contributed by atoms with Crippen LogP contribution < -0.4 is 0 Å². The van der Waals surface area contributed by atoms with E-state index in [9.17, 15) is 4.79 Å². The molecule has 2 aromatic rings. The van der Waals surface area contributed by atoms with Gasteiger partial charge < -0.3 is 0 Å². The maximum atomic E-state index is 12.3. The van der Waals surface area contributed by atoms with E-state index in [1.165, 1.54) is 24.3 Å². The van der Waals surface area contributed by atoms with Crippen molar-refractivity contribution in [3.8, 4) is 0 Å². The van der Waals surface area contributed by atoms with Gasteiger partial charge in [0.1, 0.15) is 5.78 Å². The summed E-state index contributed by atoms with van der Waals surface area (Å²) in [6, 6.07) is 15.9. The molecule has 0 fully saturated rings. The Labute approximate surface area is 101 Å². The predicted octanol–water partition coefficient (Wildman–Crippen LogP) is 3.04. The van der Waals surface area contributed by atoms with Crippen molar-refractivity contribution < 1.29 is 10.3 Å².